The number of hydrogen-bond acceptors (Lipinski definition) is 4. The fourth-order valence-electron chi connectivity index (χ4n) is 3.84. The van der Waals surface area contributed by atoms with Crippen LogP contribution >= 0.6 is 8.61 Å². The molecule has 0 radical (unpaired) electrons. The predicted molar refractivity (Wildman–Crippen MR) is 91.1 cm³/mol. The van der Waals surface area contributed by atoms with Gasteiger partial charge in [-0.1, -0.05) is 0 Å². The van der Waals surface area contributed by atoms with Crippen LogP contribution in [0, 0.1) is 0 Å². The maximum Gasteiger partial charge on any atom is 0.487 e. The van der Waals surface area contributed by atoms with Crippen LogP contribution in [0.4, 0.5) is 4.20 Å². The van der Waals surface area contributed by atoms with E-state index in [9.17, 15) is 4.20 Å². The van der Waals surface area contributed by atoms with Crippen molar-refractivity contribution in [2.45, 2.75) is 84.3 Å². The molecule has 1 unspecified atom stereocenters. The van der Waals surface area contributed by atoms with Crippen LogP contribution in [0.15, 0.2) is 0 Å². The first-order valence-corrected chi connectivity index (χ1v) is 9.36. The first-order chi connectivity index (χ1) is 9.97. The lowest BCUT2D eigenvalue weighted by Gasteiger charge is -2.57. The van der Waals surface area contributed by atoms with Crippen molar-refractivity contribution in [2.24, 2.45) is 0 Å². The second kappa shape index (κ2) is 6.29. The third-order valence-corrected chi connectivity index (χ3v) is 6.25. The Balaban J connectivity index is 2.43. The molecule has 2 saturated heterocycles. The zero-order chi connectivity index (χ0) is 16.8. The minimum atomic E-state index is -2.15. The number of halogens is 1. The third-order valence-electron chi connectivity index (χ3n) is 4.72. The monoisotopic (exact) mass is 332 g/mol. The van der Waals surface area contributed by atoms with Crippen LogP contribution in [0.5, 0.6) is 0 Å². The van der Waals surface area contributed by atoms with E-state index >= 15 is 0 Å². The van der Waals surface area contributed by atoms with E-state index in [4.69, 9.17) is 9.18 Å². The van der Waals surface area contributed by atoms with Gasteiger partial charge in [0.2, 0.25) is 0 Å². The van der Waals surface area contributed by atoms with Crippen molar-refractivity contribution in [3.63, 3.8) is 0 Å². The molecule has 7 heteroatoms. The Labute approximate surface area is 136 Å². The molecule has 0 N–H and O–H groups in total. The molecule has 0 aliphatic carbocycles. The zero-order valence-corrected chi connectivity index (χ0v) is 16.0. The summed E-state index contributed by atoms with van der Waals surface area (Å²) in [5.41, 5.74) is -0.425. The Morgan fingerprint density at radius 3 is 2.09 bits per heavy atom. The first-order valence-electron chi connectivity index (χ1n) is 8.26. The number of hydrogen-bond donors (Lipinski definition) is 0. The highest BCUT2D eigenvalue weighted by Gasteiger charge is 2.55. The standard InChI is InChI=1S/C15H31BFN2O2P/c1-13(2,3)19-16(20-11-12-21-22(19)17)18-14(4,5)9-8-10-15(18,6)7/h8-12H2,1-7H3. The SMILES string of the molecule is CC(C)(C)N1B(N2C(C)(C)CCCC2(C)C)OCCOP1F. The lowest BCUT2D eigenvalue weighted by molar-refractivity contribution is 0.0150. The molecular formula is C15H31BFN2O2P. The highest BCUT2D eigenvalue weighted by atomic mass is 31.2. The summed E-state index contributed by atoms with van der Waals surface area (Å²) >= 11 is 0. The molecule has 0 spiro atoms. The van der Waals surface area contributed by atoms with Crippen molar-refractivity contribution >= 4 is 15.8 Å². The van der Waals surface area contributed by atoms with E-state index in [-0.39, 0.29) is 23.8 Å². The van der Waals surface area contributed by atoms with Gasteiger partial charge in [0.1, 0.15) is 0 Å². The Morgan fingerprint density at radius 1 is 1.05 bits per heavy atom. The lowest BCUT2D eigenvalue weighted by Crippen LogP contribution is -2.70. The van der Waals surface area contributed by atoms with E-state index in [1.807, 2.05) is 20.8 Å². The van der Waals surface area contributed by atoms with Gasteiger partial charge in [-0.2, -0.15) is 4.20 Å². The van der Waals surface area contributed by atoms with Gasteiger partial charge in [-0.3, -0.25) is 4.81 Å². The normalized spacial score (nSPS) is 31.1. The van der Waals surface area contributed by atoms with Gasteiger partial charge in [0, 0.05) is 16.6 Å². The molecule has 2 aliphatic rings. The quantitative estimate of drug-likeness (QED) is 0.526. The van der Waals surface area contributed by atoms with Gasteiger partial charge in [-0.25, -0.2) is 4.58 Å². The maximum atomic E-state index is 14.8. The predicted octanol–water partition coefficient (Wildman–Crippen LogP) is 4.36. The lowest BCUT2D eigenvalue weighted by atomic mass is 9.71. The molecule has 0 aromatic rings. The van der Waals surface area contributed by atoms with E-state index in [0.29, 0.717) is 13.2 Å². The Kier molecular flexibility index (Phi) is 5.32. The number of rotatable bonds is 1. The molecular weight excluding hydrogens is 301 g/mol. The van der Waals surface area contributed by atoms with Gasteiger partial charge in [-0.05, 0) is 67.7 Å². The Morgan fingerprint density at radius 2 is 1.59 bits per heavy atom. The van der Waals surface area contributed by atoms with E-state index in [0.717, 1.165) is 12.8 Å². The van der Waals surface area contributed by atoms with Gasteiger partial charge < -0.3 is 9.18 Å². The molecule has 2 fully saturated rings. The van der Waals surface area contributed by atoms with Gasteiger partial charge in [0.25, 0.3) is 8.61 Å². The van der Waals surface area contributed by atoms with Crippen LogP contribution in [0.3, 0.4) is 0 Å². The molecule has 0 aromatic carbocycles. The van der Waals surface area contributed by atoms with Crippen LogP contribution in [-0.2, 0) is 9.18 Å². The van der Waals surface area contributed by atoms with Crippen LogP contribution in [0.25, 0.3) is 0 Å². The minimum absolute atomic E-state index is 0.0313. The Bertz CT molecular complexity index is 387. The fourth-order valence-corrected chi connectivity index (χ4v) is 4.99. The third kappa shape index (κ3) is 3.67. The average molecular weight is 332 g/mol. The van der Waals surface area contributed by atoms with E-state index in [2.05, 4.69) is 32.5 Å². The topological polar surface area (TPSA) is 24.9 Å². The molecule has 0 aromatic heterocycles. The first kappa shape index (κ1) is 18.6. The molecule has 2 rings (SSSR count). The number of piperidine rings is 1. The summed E-state index contributed by atoms with van der Waals surface area (Å²) < 4.78 is 28.1. The Hall–Kier alpha value is 0.265. The second-order valence-electron chi connectivity index (χ2n) is 8.62. The van der Waals surface area contributed by atoms with Crippen molar-refractivity contribution in [3.05, 3.63) is 0 Å². The van der Waals surface area contributed by atoms with Crippen molar-refractivity contribution in [1.29, 1.82) is 0 Å². The summed E-state index contributed by atoms with van der Waals surface area (Å²) in [6.07, 6.45) is 3.39. The van der Waals surface area contributed by atoms with E-state index in [1.54, 1.807) is 4.58 Å². The summed E-state index contributed by atoms with van der Waals surface area (Å²) in [6.45, 7) is 15.8. The molecule has 0 saturated carbocycles. The summed E-state index contributed by atoms with van der Waals surface area (Å²) in [7, 11) is -2.54. The summed E-state index contributed by atoms with van der Waals surface area (Å²) in [5.74, 6) is 0. The largest absolute Gasteiger partial charge is 0.487 e. The summed E-state index contributed by atoms with van der Waals surface area (Å²) in [6, 6.07) is 0. The molecule has 0 bridgehead atoms. The molecule has 2 heterocycles. The minimum Gasteiger partial charge on any atom is -0.405 e. The zero-order valence-electron chi connectivity index (χ0n) is 15.1. The summed E-state index contributed by atoms with van der Waals surface area (Å²) in [5, 5.41) is 0. The van der Waals surface area contributed by atoms with Crippen molar-refractivity contribution in [3.8, 4) is 0 Å². The van der Waals surface area contributed by atoms with Gasteiger partial charge in [0.05, 0.1) is 13.2 Å². The fraction of sp³-hybridized carbons (Fsp3) is 1.00. The van der Waals surface area contributed by atoms with E-state index < -0.39 is 8.61 Å². The average Bonchev–Trinajstić information content (AvgIpc) is 2.47. The highest BCUT2D eigenvalue weighted by Crippen LogP contribution is 2.52. The number of nitrogens with zero attached hydrogens (tertiary/aromatic N) is 2. The van der Waals surface area contributed by atoms with Crippen LogP contribution in [0.1, 0.15) is 67.7 Å². The molecule has 0 amide bonds. The molecule has 128 valence electrons. The molecule has 4 nitrogen and oxygen atoms in total. The van der Waals surface area contributed by atoms with E-state index in [1.165, 1.54) is 6.42 Å². The molecule has 2 aliphatic heterocycles. The molecule has 22 heavy (non-hydrogen) atoms. The van der Waals surface area contributed by atoms with Crippen molar-refractivity contribution in [2.75, 3.05) is 13.2 Å². The molecule has 1 atom stereocenters. The van der Waals surface area contributed by atoms with Crippen LogP contribution < -0.4 is 0 Å². The van der Waals surface area contributed by atoms with Gasteiger partial charge in [-0.15, -0.1) is 0 Å². The second-order valence-corrected chi connectivity index (χ2v) is 9.76. The smallest absolute Gasteiger partial charge is 0.405 e. The van der Waals surface area contributed by atoms with Crippen molar-refractivity contribution < 1.29 is 13.4 Å². The van der Waals surface area contributed by atoms with Crippen LogP contribution in [-0.4, -0.2) is 46.4 Å². The highest BCUT2D eigenvalue weighted by molar-refractivity contribution is 7.46. The van der Waals surface area contributed by atoms with Crippen molar-refractivity contribution in [1.82, 2.24) is 9.39 Å². The van der Waals surface area contributed by atoms with Gasteiger partial charge >= 0.3 is 7.19 Å². The summed E-state index contributed by atoms with van der Waals surface area (Å²) in [4.78, 5) is 2.37. The van der Waals surface area contributed by atoms with Gasteiger partial charge in [0.15, 0.2) is 0 Å². The van der Waals surface area contributed by atoms with Crippen LogP contribution in [0.2, 0.25) is 0 Å². The maximum absolute atomic E-state index is 14.8.